The summed E-state index contributed by atoms with van der Waals surface area (Å²) in [5.74, 6) is 0. The second-order valence-corrected chi connectivity index (χ2v) is 0.245. The van der Waals surface area contributed by atoms with Crippen LogP contribution in [0.25, 0.3) is 0 Å². The Morgan fingerprint density at radius 2 is 1.80 bits per heavy atom. The van der Waals surface area contributed by atoms with Crippen LogP contribution in [-0.2, 0) is 21.6 Å². The van der Waals surface area contributed by atoms with Crippen molar-refractivity contribution in [2.24, 2.45) is 0 Å². The molecule has 0 spiro atoms. The summed E-state index contributed by atoms with van der Waals surface area (Å²) in [6.07, 6.45) is 0. The minimum absolute atomic E-state index is 0. The summed E-state index contributed by atoms with van der Waals surface area (Å²) in [5, 5.41) is 0. The quantitative estimate of drug-likeness (QED) is 0.296. The monoisotopic (exact) mass is 143 g/mol. The van der Waals surface area contributed by atoms with E-state index >= 15 is 0 Å². The molecule has 5 heavy (non-hydrogen) atoms. The van der Waals surface area contributed by atoms with E-state index in [2.05, 4.69) is 0 Å². The van der Waals surface area contributed by atoms with Crippen LogP contribution in [-0.4, -0.2) is 4.89 Å². The Labute approximate surface area is 65.9 Å². The molecule has 0 aliphatic heterocycles. The molecule has 0 aromatic heterocycles. The molecule has 0 amide bonds. The van der Waals surface area contributed by atoms with Gasteiger partial charge in [-0.2, -0.15) is 0 Å². The maximum Gasteiger partial charge on any atom is 1.00 e. The van der Waals surface area contributed by atoms with E-state index in [1.807, 2.05) is 0 Å². The summed E-state index contributed by atoms with van der Waals surface area (Å²) in [4.78, 5) is 6.99. The van der Waals surface area contributed by atoms with Crippen molar-refractivity contribution in [1.29, 1.82) is 0 Å². The molecule has 0 bridgehead atoms. The minimum Gasteiger partial charge on any atom is -1.00 e. The van der Waals surface area contributed by atoms with E-state index in [1.54, 1.807) is 0 Å². The van der Waals surface area contributed by atoms with Crippen LogP contribution in [0.5, 0.6) is 0 Å². The molecule has 0 aliphatic rings. The van der Waals surface area contributed by atoms with Crippen LogP contribution in [0.15, 0.2) is 0 Å². The van der Waals surface area contributed by atoms with Crippen molar-refractivity contribution in [3.05, 3.63) is 0 Å². The van der Waals surface area contributed by atoms with Gasteiger partial charge in [0, 0.05) is 17.1 Å². The van der Waals surface area contributed by atoms with Crippen LogP contribution < -0.4 is 29.6 Å². The van der Waals surface area contributed by atoms with Gasteiger partial charge >= 0.3 is 38.2 Å². The molecular formula is H2MnNaO2P. The molecule has 0 atom stereocenters. The van der Waals surface area contributed by atoms with E-state index in [1.165, 1.54) is 0 Å². The van der Waals surface area contributed by atoms with Crippen LogP contribution in [0.1, 0.15) is 1.43 Å². The summed E-state index contributed by atoms with van der Waals surface area (Å²) < 4.78 is 8.46. The van der Waals surface area contributed by atoms with Crippen molar-refractivity contribution in [1.82, 2.24) is 0 Å². The Morgan fingerprint density at radius 1 is 1.80 bits per heavy atom. The first-order valence-electron chi connectivity index (χ1n) is 0.383. The Morgan fingerprint density at radius 3 is 1.80 bits per heavy atom. The van der Waals surface area contributed by atoms with E-state index in [4.69, 9.17) is 9.46 Å². The van der Waals surface area contributed by atoms with Crippen LogP contribution in [0.2, 0.25) is 0 Å². The summed E-state index contributed by atoms with van der Waals surface area (Å²) in [6.45, 7) is 0. The summed E-state index contributed by atoms with van der Waals surface area (Å²) in [5.41, 5.74) is 0. The van der Waals surface area contributed by atoms with Crippen LogP contribution in [0, 0.1) is 0 Å². The average Bonchev–Trinajstić information content (AvgIpc) is 0.918. The first-order valence-corrected chi connectivity index (χ1v) is 1.15. The first-order chi connectivity index (χ1) is 1.41. The van der Waals surface area contributed by atoms with E-state index in [0.717, 1.165) is 0 Å². The summed E-state index contributed by atoms with van der Waals surface area (Å²) in [6, 6.07) is 0. The van der Waals surface area contributed by atoms with Crippen molar-refractivity contribution >= 4 is 8.69 Å². The smallest absolute Gasteiger partial charge is 1.00 e. The number of hydrogen-bond donors (Lipinski definition) is 1. The maximum absolute atomic E-state index is 8.46. The molecule has 1 radical (unpaired) electrons. The van der Waals surface area contributed by atoms with E-state index in [0.29, 0.717) is 0 Å². The molecule has 5 heteroatoms. The topological polar surface area (TPSA) is 37.3 Å². The van der Waals surface area contributed by atoms with E-state index < -0.39 is 8.69 Å². The third-order valence-electron chi connectivity index (χ3n) is 0. The summed E-state index contributed by atoms with van der Waals surface area (Å²) >= 11 is 0. The van der Waals surface area contributed by atoms with E-state index in [-0.39, 0.29) is 48.1 Å². The van der Waals surface area contributed by atoms with Gasteiger partial charge in [0.25, 0.3) is 0 Å². The second kappa shape index (κ2) is 17.6. The van der Waals surface area contributed by atoms with Crippen molar-refractivity contribution in [3.8, 4) is 0 Å². The molecule has 2 nitrogen and oxygen atoms in total. The van der Waals surface area contributed by atoms with Crippen molar-refractivity contribution in [3.63, 3.8) is 0 Å². The van der Waals surface area contributed by atoms with Gasteiger partial charge in [0.05, 0.1) is 0 Å². The normalized spacial score (nSPS) is 4.20. The molecule has 1 N–H and O–H groups in total. The third kappa shape index (κ3) is 28.7. The molecule has 0 rings (SSSR count). The summed E-state index contributed by atoms with van der Waals surface area (Å²) in [7, 11) is -0.833. The molecular weight excluding hydrogens is 141 g/mol. The van der Waals surface area contributed by atoms with Gasteiger partial charge in [-0.3, -0.25) is 0 Å². The van der Waals surface area contributed by atoms with Gasteiger partial charge in [-0.25, -0.2) is 4.57 Å². The fraction of sp³-hybridized carbons (Fsp3) is 0. The van der Waals surface area contributed by atoms with Gasteiger partial charge in [0.15, 0.2) is 0 Å². The maximum atomic E-state index is 8.46. The molecule has 0 unspecified atom stereocenters. The molecule has 0 saturated heterocycles. The molecule has 0 fully saturated rings. The Balaban J connectivity index is -0.00000000667. The van der Waals surface area contributed by atoms with Crippen LogP contribution >= 0.6 is 8.69 Å². The number of hydrogen-bond acceptors (Lipinski definition) is 1. The van der Waals surface area contributed by atoms with Gasteiger partial charge in [-0.1, -0.05) is 0 Å². The van der Waals surface area contributed by atoms with Crippen molar-refractivity contribution in [2.75, 3.05) is 0 Å². The standard InChI is InChI=1S/Mn.Na.HO2P.H/c;;1-3-2;/h;;(H,1,2);/q;+1;;-1. The SMILES string of the molecule is O=PO.[H-].[Mn].[Na+]. The van der Waals surface area contributed by atoms with Crippen LogP contribution in [0.3, 0.4) is 0 Å². The molecule has 0 aromatic rings. The van der Waals surface area contributed by atoms with Gasteiger partial charge in [-0.05, 0) is 0 Å². The molecule has 0 aliphatic carbocycles. The van der Waals surface area contributed by atoms with Crippen molar-refractivity contribution in [2.45, 2.75) is 0 Å². The fourth-order valence-corrected chi connectivity index (χ4v) is 0. The van der Waals surface area contributed by atoms with Gasteiger partial charge in [-0.15, -0.1) is 0 Å². The molecule has 0 saturated carbocycles. The van der Waals surface area contributed by atoms with Crippen molar-refractivity contribution < 1.29 is 57.5 Å². The van der Waals surface area contributed by atoms with Gasteiger partial charge in [0.2, 0.25) is 0 Å². The van der Waals surface area contributed by atoms with Gasteiger partial charge in [0.1, 0.15) is 0 Å². The Kier molecular flexibility index (Phi) is 56.2. The first kappa shape index (κ1) is 16.0. The minimum atomic E-state index is -0.833. The number of rotatable bonds is 0. The molecule has 0 heterocycles. The van der Waals surface area contributed by atoms with E-state index in [9.17, 15) is 0 Å². The zero-order valence-electron chi connectivity index (χ0n) is 3.68. The third-order valence-corrected chi connectivity index (χ3v) is 0. The molecule has 0 aromatic carbocycles. The predicted octanol–water partition coefficient (Wildman–Crippen LogP) is -2.70. The largest absolute Gasteiger partial charge is 1.00 e. The predicted molar refractivity (Wildman–Crippen MR) is 10.9 cm³/mol. The fourth-order valence-electron chi connectivity index (χ4n) is 0. The molecule has 27 valence electrons. The zero-order chi connectivity index (χ0) is 2.71. The zero-order valence-corrected chi connectivity index (χ0v) is 6.76. The second-order valence-electron chi connectivity index (χ2n) is 0.0816. The Hall–Kier alpha value is 1.58. The van der Waals surface area contributed by atoms with Gasteiger partial charge < -0.3 is 6.32 Å². The average molecular weight is 143 g/mol. The van der Waals surface area contributed by atoms with Crippen LogP contribution in [0.4, 0.5) is 0 Å². The Bertz CT molecular complexity index is 21.0.